The zero-order chi connectivity index (χ0) is 20.4. The first-order valence-electron chi connectivity index (χ1n) is 11.0. The van der Waals surface area contributed by atoms with Crippen molar-refractivity contribution in [3.8, 4) is 0 Å². The molecule has 1 aromatic carbocycles. The molecule has 1 unspecified atom stereocenters. The monoisotopic (exact) mass is 397 g/mol. The van der Waals surface area contributed by atoms with Crippen molar-refractivity contribution in [1.29, 1.82) is 0 Å². The van der Waals surface area contributed by atoms with E-state index in [2.05, 4.69) is 12.2 Å². The number of nitrogens with zero attached hydrogens (tertiary/aromatic N) is 2. The third kappa shape index (κ3) is 3.65. The highest BCUT2D eigenvalue weighted by molar-refractivity contribution is 6.14. The zero-order valence-electron chi connectivity index (χ0n) is 17.2. The van der Waals surface area contributed by atoms with Gasteiger partial charge in [0.15, 0.2) is 0 Å². The number of rotatable bonds is 4. The molecule has 1 aromatic rings. The number of para-hydroxylation sites is 2. The van der Waals surface area contributed by atoms with Crippen LogP contribution in [0.5, 0.6) is 0 Å². The molecule has 0 bridgehead atoms. The summed E-state index contributed by atoms with van der Waals surface area (Å²) in [5.41, 5.74) is 1.10. The maximum absolute atomic E-state index is 13.2. The second kappa shape index (κ2) is 8.17. The van der Waals surface area contributed by atoms with E-state index >= 15 is 0 Å². The lowest BCUT2D eigenvalue weighted by molar-refractivity contribution is -0.111. The summed E-state index contributed by atoms with van der Waals surface area (Å²) in [6, 6.07) is 6.15. The van der Waals surface area contributed by atoms with E-state index in [1.54, 1.807) is 9.80 Å². The van der Waals surface area contributed by atoms with Crippen LogP contribution in [0.1, 0.15) is 71.1 Å². The van der Waals surface area contributed by atoms with Gasteiger partial charge in [-0.05, 0) is 43.2 Å². The average molecular weight is 398 g/mol. The van der Waals surface area contributed by atoms with Crippen LogP contribution in [0.2, 0.25) is 0 Å². The van der Waals surface area contributed by atoms with E-state index in [0.29, 0.717) is 5.69 Å². The fourth-order valence-corrected chi connectivity index (χ4v) is 5.47. The molecular weight excluding hydrogens is 366 g/mol. The Hall–Kier alpha value is -2.37. The summed E-state index contributed by atoms with van der Waals surface area (Å²) in [5.74, 6) is 0. The molecule has 6 nitrogen and oxygen atoms in total. The second-order valence-corrected chi connectivity index (χ2v) is 9.05. The third-order valence-corrected chi connectivity index (χ3v) is 7.11. The summed E-state index contributed by atoms with van der Waals surface area (Å²) in [7, 11) is 0. The van der Waals surface area contributed by atoms with Gasteiger partial charge in [0.25, 0.3) is 0 Å². The number of anilines is 2. The van der Waals surface area contributed by atoms with Crippen LogP contribution in [0, 0.1) is 5.41 Å². The highest BCUT2D eigenvalue weighted by Gasteiger charge is 2.45. The molecule has 1 heterocycles. The Kier molecular flexibility index (Phi) is 5.61. The van der Waals surface area contributed by atoms with E-state index in [1.165, 1.54) is 6.42 Å². The summed E-state index contributed by atoms with van der Waals surface area (Å²) in [5, 5.41) is 2.57. The van der Waals surface area contributed by atoms with Crippen molar-refractivity contribution in [3.05, 3.63) is 24.3 Å². The number of hydrogen-bond acceptors (Lipinski definition) is 3. The number of hydrogen-bond donors (Lipinski definition) is 1. The fourth-order valence-electron chi connectivity index (χ4n) is 5.47. The lowest BCUT2D eigenvalue weighted by atomic mass is 9.70. The number of aldehydes is 1. The molecule has 2 saturated carbocycles. The van der Waals surface area contributed by atoms with Crippen molar-refractivity contribution in [2.45, 2.75) is 83.2 Å². The Bertz CT molecular complexity index is 781. The SMILES string of the molecule is CC1(C(C=O)N2C(=O)NC(=O)N(C3CCCCC3)c3ccccc32)CCCCC1. The molecule has 156 valence electrons. The number of nitrogens with one attached hydrogen (secondary N) is 1. The highest BCUT2D eigenvalue weighted by atomic mass is 16.2. The lowest BCUT2D eigenvalue weighted by Crippen LogP contribution is -2.55. The maximum atomic E-state index is 13.2. The van der Waals surface area contributed by atoms with E-state index in [-0.39, 0.29) is 17.5 Å². The van der Waals surface area contributed by atoms with Gasteiger partial charge < -0.3 is 4.79 Å². The first kappa shape index (κ1) is 19.9. The van der Waals surface area contributed by atoms with Crippen molar-refractivity contribution < 1.29 is 14.4 Å². The standard InChI is InChI=1S/C23H31N3O3/c1-23(14-8-3-9-15-23)20(16-27)26-19-13-7-6-12-18(19)25(21(28)24-22(26)29)17-10-4-2-5-11-17/h6-7,12-13,16-17,20H,2-5,8-11,14-15H2,1H3,(H,24,28,29). The van der Waals surface area contributed by atoms with Crippen LogP contribution in [0.15, 0.2) is 24.3 Å². The minimum absolute atomic E-state index is 0.0811. The predicted octanol–water partition coefficient (Wildman–Crippen LogP) is 5.01. The van der Waals surface area contributed by atoms with Crippen LogP contribution in [0.25, 0.3) is 0 Å². The molecule has 1 aliphatic heterocycles. The number of benzene rings is 1. The minimum Gasteiger partial charge on any atom is -0.301 e. The first-order valence-corrected chi connectivity index (χ1v) is 11.0. The van der Waals surface area contributed by atoms with Crippen molar-refractivity contribution >= 4 is 29.7 Å². The largest absolute Gasteiger partial charge is 0.330 e. The summed E-state index contributed by atoms with van der Waals surface area (Å²) >= 11 is 0. The molecule has 0 spiro atoms. The van der Waals surface area contributed by atoms with Crippen LogP contribution >= 0.6 is 0 Å². The molecule has 3 aliphatic rings. The predicted molar refractivity (Wildman–Crippen MR) is 113 cm³/mol. The number of imide groups is 1. The van der Waals surface area contributed by atoms with Crippen LogP contribution < -0.4 is 15.1 Å². The lowest BCUT2D eigenvalue weighted by Gasteiger charge is -2.43. The van der Waals surface area contributed by atoms with Gasteiger partial charge in [-0.3, -0.25) is 15.1 Å². The van der Waals surface area contributed by atoms with E-state index in [4.69, 9.17) is 0 Å². The van der Waals surface area contributed by atoms with Crippen molar-refractivity contribution in [2.24, 2.45) is 5.41 Å². The molecule has 4 amide bonds. The van der Waals surface area contributed by atoms with Gasteiger partial charge in [0.1, 0.15) is 6.29 Å². The molecule has 2 aliphatic carbocycles. The van der Waals surface area contributed by atoms with E-state index in [9.17, 15) is 14.4 Å². The number of carbonyl (C=O) groups excluding carboxylic acids is 3. The highest BCUT2D eigenvalue weighted by Crippen LogP contribution is 2.44. The van der Waals surface area contributed by atoms with Crippen LogP contribution in [0.3, 0.4) is 0 Å². The van der Waals surface area contributed by atoms with Gasteiger partial charge in [0, 0.05) is 6.04 Å². The molecule has 29 heavy (non-hydrogen) atoms. The normalized spacial score (nSPS) is 23.8. The van der Waals surface area contributed by atoms with Gasteiger partial charge in [0.2, 0.25) is 0 Å². The summed E-state index contributed by atoms with van der Waals surface area (Å²) < 4.78 is 0. The number of urea groups is 2. The average Bonchev–Trinajstić information content (AvgIpc) is 2.83. The molecule has 4 rings (SSSR count). The smallest absolute Gasteiger partial charge is 0.301 e. The Labute approximate surface area is 172 Å². The third-order valence-electron chi connectivity index (χ3n) is 7.11. The van der Waals surface area contributed by atoms with Crippen molar-refractivity contribution in [1.82, 2.24) is 5.32 Å². The Balaban J connectivity index is 1.78. The molecule has 0 saturated heterocycles. The van der Waals surface area contributed by atoms with Crippen LogP contribution in [-0.4, -0.2) is 30.4 Å². The second-order valence-electron chi connectivity index (χ2n) is 9.05. The number of amides is 4. The Morgan fingerprint density at radius 3 is 2.24 bits per heavy atom. The number of fused-ring (bicyclic) bond motifs is 1. The molecule has 0 radical (unpaired) electrons. The first-order chi connectivity index (χ1) is 14.0. The van der Waals surface area contributed by atoms with Crippen LogP contribution in [0.4, 0.5) is 21.0 Å². The Morgan fingerprint density at radius 2 is 1.59 bits per heavy atom. The van der Waals surface area contributed by atoms with E-state index < -0.39 is 12.1 Å². The van der Waals surface area contributed by atoms with Gasteiger partial charge in [-0.25, -0.2) is 9.59 Å². The van der Waals surface area contributed by atoms with Crippen LogP contribution in [-0.2, 0) is 4.79 Å². The van der Waals surface area contributed by atoms with Gasteiger partial charge >= 0.3 is 12.1 Å². The van der Waals surface area contributed by atoms with Gasteiger partial charge in [-0.1, -0.05) is 57.6 Å². The summed E-state index contributed by atoms with van der Waals surface area (Å²) in [6.45, 7) is 2.10. The molecule has 2 fully saturated rings. The maximum Gasteiger partial charge on any atom is 0.330 e. The summed E-state index contributed by atoms with van der Waals surface area (Å²) in [4.78, 5) is 41.9. The summed E-state index contributed by atoms with van der Waals surface area (Å²) in [6.07, 6.45) is 11.2. The molecular formula is C23H31N3O3. The van der Waals surface area contributed by atoms with E-state index in [0.717, 1.165) is 69.8 Å². The minimum atomic E-state index is -0.594. The number of carbonyl (C=O) groups is 3. The molecule has 0 aromatic heterocycles. The zero-order valence-corrected chi connectivity index (χ0v) is 17.2. The molecule has 1 atom stereocenters. The van der Waals surface area contributed by atoms with Crippen molar-refractivity contribution in [2.75, 3.05) is 9.80 Å². The van der Waals surface area contributed by atoms with Crippen molar-refractivity contribution in [3.63, 3.8) is 0 Å². The quantitative estimate of drug-likeness (QED) is 0.726. The molecule has 1 N–H and O–H groups in total. The van der Waals surface area contributed by atoms with Gasteiger partial charge in [0.05, 0.1) is 17.4 Å². The van der Waals surface area contributed by atoms with E-state index in [1.807, 2.05) is 24.3 Å². The van der Waals surface area contributed by atoms with Gasteiger partial charge in [-0.2, -0.15) is 0 Å². The topological polar surface area (TPSA) is 69.7 Å². The Morgan fingerprint density at radius 1 is 0.966 bits per heavy atom. The molecule has 6 heteroatoms. The fraction of sp³-hybridized carbons (Fsp3) is 0.609. The van der Waals surface area contributed by atoms with Gasteiger partial charge in [-0.15, -0.1) is 0 Å².